The van der Waals surface area contributed by atoms with Gasteiger partial charge in [0.1, 0.15) is 6.10 Å². The Morgan fingerprint density at radius 3 is 2.48 bits per heavy atom. The molecule has 9 nitrogen and oxygen atoms in total. The van der Waals surface area contributed by atoms with Crippen molar-refractivity contribution in [2.24, 2.45) is 0 Å². The number of hydrogen-bond donors (Lipinski definition) is 0. The Labute approximate surface area is 182 Å². The first-order chi connectivity index (χ1) is 14.7. The quantitative estimate of drug-likeness (QED) is 0.578. The molecule has 1 unspecified atom stereocenters. The Bertz CT molecular complexity index is 962. The van der Waals surface area contributed by atoms with Crippen molar-refractivity contribution in [2.45, 2.75) is 37.0 Å². The summed E-state index contributed by atoms with van der Waals surface area (Å²) in [4.78, 5) is 27.9. The Hall–Kier alpha value is -2.64. The van der Waals surface area contributed by atoms with Gasteiger partial charge in [-0.3, -0.25) is 14.6 Å². The first-order valence-electron chi connectivity index (χ1n) is 10.2. The fraction of sp³-hybridized carbons (Fsp3) is 0.571. The number of nitriles is 1. The van der Waals surface area contributed by atoms with Crippen LogP contribution in [0.5, 0.6) is 0 Å². The van der Waals surface area contributed by atoms with Crippen LogP contribution in [0, 0.1) is 11.3 Å². The van der Waals surface area contributed by atoms with E-state index in [-0.39, 0.29) is 19.1 Å². The summed E-state index contributed by atoms with van der Waals surface area (Å²) in [5.74, 6) is -0.496. The standard InChI is InChI=1S/C21H27N3O6S/c1-3-29-19(25)12-21(31(2,27)28)8-10-23(11-9-21)14-18-15-24(20(26)30-18)17-6-4-16(13-22)5-7-17/h4-7,18H,3,8-12,14-15H2,1-2H3. The predicted octanol–water partition coefficient (Wildman–Crippen LogP) is 1.72. The molecule has 1 amide bonds. The first-order valence-corrected chi connectivity index (χ1v) is 12.1. The van der Waals surface area contributed by atoms with Crippen LogP contribution in [0.4, 0.5) is 10.5 Å². The van der Waals surface area contributed by atoms with E-state index in [0.717, 1.165) is 0 Å². The van der Waals surface area contributed by atoms with Gasteiger partial charge in [-0.2, -0.15) is 5.26 Å². The van der Waals surface area contributed by atoms with Crippen LogP contribution in [0.1, 0.15) is 31.7 Å². The van der Waals surface area contributed by atoms with Crippen LogP contribution in [-0.4, -0.2) is 75.3 Å². The van der Waals surface area contributed by atoms with Gasteiger partial charge in [0, 0.05) is 18.5 Å². The number of rotatable bonds is 7. The van der Waals surface area contributed by atoms with Crippen molar-refractivity contribution < 1.29 is 27.5 Å². The molecule has 0 spiro atoms. The molecule has 2 fully saturated rings. The van der Waals surface area contributed by atoms with E-state index in [1.54, 1.807) is 31.2 Å². The number of piperidine rings is 1. The Balaban J connectivity index is 1.59. The molecular formula is C21H27N3O6S. The Kier molecular flexibility index (Phi) is 6.86. The molecule has 168 valence electrons. The number of anilines is 1. The van der Waals surface area contributed by atoms with Gasteiger partial charge < -0.3 is 9.47 Å². The third kappa shape index (κ3) is 5.17. The minimum Gasteiger partial charge on any atom is -0.466 e. The number of cyclic esters (lactones) is 1. The zero-order chi connectivity index (χ0) is 22.6. The minimum atomic E-state index is -3.45. The maximum Gasteiger partial charge on any atom is 0.414 e. The zero-order valence-corrected chi connectivity index (χ0v) is 18.6. The number of hydrogen-bond acceptors (Lipinski definition) is 8. The van der Waals surface area contributed by atoms with Gasteiger partial charge in [-0.25, -0.2) is 13.2 Å². The van der Waals surface area contributed by atoms with Crippen LogP contribution >= 0.6 is 0 Å². The predicted molar refractivity (Wildman–Crippen MR) is 113 cm³/mol. The molecule has 31 heavy (non-hydrogen) atoms. The van der Waals surface area contributed by atoms with Crippen molar-refractivity contribution >= 4 is 27.6 Å². The smallest absolute Gasteiger partial charge is 0.414 e. The summed E-state index contributed by atoms with van der Waals surface area (Å²) in [6.45, 7) is 3.74. The lowest BCUT2D eigenvalue weighted by atomic mass is 9.92. The van der Waals surface area contributed by atoms with E-state index in [4.69, 9.17) is 14.7 Å². The van der Waals surface area contributed by atoms with Gasteiger partial charge in [0.05, 0.1) is 36.0 Å². The van der Waals surface area contributed by atoms with Crippen molar-refractivity contribution in [3.05, 3.63) is 29.8 Å². The summed E-state index contributed by atoms with van der Waals surface area (Å²) in [5.41, 5.74) is 1.18. The monoisotopic (exact) mass is 449 g/mol. The van der Waals surface area contributed by atoms with Gasteiger partial charge in [0.15, 0.2) is 9.84 Å². The third-order valence-corrected chi connectivity index (χ3v) is 8.10. The van der Waals surface area contributed by atoms with E-state index < -0.39 is 26.6 Å². The minimum absolute atomic E-state index is 0.140. The van der Waals surface area contributed by atoms with Crippen LogP contribution in [-0.2, 0) is 24.1 Å². The van der Waals surface area contributed by atoms with Crippen molar-refractivity contribution in [1.29, 1.82) is 5.26 Å². The largest absolute Gasteiger partial charge is 0.466 e. The molecule has 0 aromatic heterocycles. The molecule has 10 heteroatoms. The topological polar surface area (TPSA) is 117 Å². The van der Waals surface area contributed by atoms with Crippen LogP contribution in [0.3, 0.4) is 0 Å². The van der Waals surface area contributed by atoms with Gasteiger partial charge in [-0.05, 0) is 57.1 Å². The molecule has 0 saturated carbocycles. The first kappa shape index (κ1) is 23.0. The lowest BCUT2D eigenvalue weighted by molar-refractivity contribution is -0.144. The second-order valence-electron chi connectivity index (χ2n) is 8.01. The van der Waals surface area contributed by atoms with Crippen molar-refractivity contribution in [2.75, 3.05) is 43.9 Å². The van der Waals surface area contributed by atoms with Crippen LogP contribution in [0.15, 0.2) is 24.3 Å². The van der Waals surface area contributed by atoms with Crippen LogP contribution in [0.2, 0.25) is 0 Å². The molecule has 2 aliphatic rings. The van der Waals surface area contributed by atoms with E-state index in [9.17, 15) is 18.0 Å². The molecule has 0 bridgehead atoms. The molecular weight excluding hydrogens is 422 g/mol. The average molecular weight is 450 g/mol. The van der Waals surface area contributed by atoms with E-state index in [2.05, 4.69) is 4.90 Å². The summed E-state index contributed by atoms with van der Waals surface area (Å²) in [7, 11) is -3.45. The van der Waals surface area contributed by atoms with Crippen molar-refractivity contribution in [1.82, 2.24) is 4.90 Å². The summed E-state index contributed by atoms with van der Waals surface area (Å²) in [6, 6.07) is 8.75. The van der Waals surface area contributed by atoms with Gasteiger partial charge in [0.2, 0.25) is 0 Å². The number of likely N-dealkylation sites (tertiary alicyclic amines) is 1. The molecule has 1 atom stereocenters. The second-order valence-corrected chi connectivity index (χ2v) is 10.4. The second kappa shape index (κ2) is 9.24. The van der Waals surface area contributed by atoms with E-state index >= 15 is 0 Å². The molecule has 2 aliphatic heterocycles. The highest BCUT2D eigenvalue weighted by Gasteiger charge is 2.46. The normalized spacial score (nSPS) is 21.4. The summed E-state index contributed by atoms with van der Waals surface area (Å²) in [5, 5.41) is 8.91. The molecule has 0 radical (unpaired) electrons. The molecule has 2 heterocycles. The molecule has 2 saturated heterocycles. The number of benzene rings is 1. The maximum atomic E-state index is 12.5. The highest BCUT2D eigenvalue weighted by Crippen LogP contribution is 2.34. The van der Waals surface area contributed by atoms with Crippen molar-refractivity contribution in [3.8, 4) is 6.07 Å². The molecule has 3 rings (SSSR count). The molecule has 1 aromatic carbocycles. The zero-order valence-electron chi connectivity index (χ0n) is 17.7. The number of ether oxygens (including phenoxy) is 2. The number of carbonyl (C=O) groups excluding carboxylic acids is 2. The highest BCUT2D eigenvalue weighted by atomic mass is 32.2. The lowest BCUT2D eigenvalue weighted by Gasteiger charge is -2.40. The average Bonchev–Trinajstić information content (AvgIpc) is 3.09. The van der Waals surface area contributed by atoms with Gasteiger partial charge in [-0.1, -0.05) is 0 Å². The molecule has 0 aliphatic carbocycles. The fourth-order valence-corrected chi connectivity index (χ4v) is 5.43. The maximum absolute atomic E-state index is 12.5. The van der Waals surface area contributed by atoms with Crippen molar-refractivity contribution in [3.63, 3.8) is 0 Å². The highest BCUT2D eigenvalue weighted by molar-refractivity contribution is 7.92. The van der Waals surface area contributed by atoms with Crippen LogP contribution < -0.4 is 4.90 Å². The summed E-state index contributed by atoms with van der Waals surface area (Å²) >= 11 is 0. The van der Waals surface area contributed by atoms with Crippen LogP contribution in [0.25, 0.3) is 0 Å². The fourth-order valence-electron chi connectivity index (χ4n) is 4.13. The number of esters is 1. The van der Waals surface area contributed by atoms with E-state index in [0.29, 0.717) is 50.3 Å². The van der Waals surface area contributed by atoms with E-state index in [1.807, 2.05) is 6.07 Å². The summed E-state index contributed by atoms with van der Waals surface area (Å²) in [6.07, 6.45) is 0.891. The third-order valence-electron chi connectivity index (χ3n) is 5.97. The Morgan fingerprint density at radius 1 is 1.29 bits per heavy atom. The lowest BCUT2D eigenvalue weighted by Crippen LogP contribution is -2.51. The van der Waals surface area contributed by atoms with Gasteiger partial charge in [0.25, 0.3) is 0 Å². The van der Waals surface area contributed by atoms with E-state index in [1.165, 1.54) is 11.2 Å². The number of carbonyl (C=O) groups is 2. The van der Waals surface area contributed by atoms with Gasteiger partial charge >= 0.3 is 12.1 Å². The number of sulfone groups is 1. The number of nitrogens with zero attached hydrogens (tertiary/aromatic N) is 3. The number of amides is 1. The molecule has 1 aromatic rings. The summed E-state index contributed by atoms with van der Waals surface area (Å²) < 4.78 is 34.3. The Morgan fingerprint density at radius 2 is 1.94 bits per heavy atom. The SMILES string of the molecule is CCOC(=O)CC1(S(C)(=O)=O)CCN(CC2CN(c3ccc(C#N)cc3)C(=O)O2)CC1. The molecule has 0 N–H and O–H groups in total. The van der Waals surface area contributed by atoms with Gasteiger partial charge in [-0.15, -0.1) is 0 Å².